The third kappa shape index (κ3) is 5.92. The molecule has 5 heterocycles. The number of aliphatic imine (C=N–C) groups is 1. The summed E-state index contributed by atoms with van der Waals surface area (Å²) in [5.41, 5.74) is 3.81. The number of thioether (sulfide) groups is 1. The van der Waals surface area contributed by atoms with Gasteiger partial charge in [0.05, 0.1) is 34.0 Å². The Balaban J connectivity index is 0.949. The molecule has 4 aromatic rings. The van der Waals surface area contributed by atoms with Crippen LogP contribution in [0.2, 0.25) is 0 Å². The first kappa shape index (κ1) is 28.1. The van der Waals surface area contributed by atoms with E-state index in [0.29, 0.717) is 37.4 Å². The Hall–Kier alpha value is -3.71. The van der Waals surface area contributed by atoms with Gasteiger partial charge in [0, 0.05) is 55.0 Å². The van der Waals surface area contributed by atoms with E-state index in [4.69, 9.17) is 14.2 Å². The summed E-state index contributed by atoms with van der Waals surface area (Å²) < 4.78 is 19.0. The number of hydrogen-bond acceptors (Lipinski definition) is 11. The molecule has 12 heteroatoms. The number of nitrogens with zero attached hydrogens (tertiary/aromatic N) is 5. The van der Waals surface area contributed by atoms with Crippen molar-refractivity contribution in [2.45, 2.75) is 23.6 Å². The lowest BCUT2D eigenvalue weighted by Gasteiger charge is -2.36. The van der Waals surface area contributed by atoms with E-state index in [1.807, 2.05) is 52.9 Å². The molecule has 0 radical (unpaired) electrons. The van der Waals surface area contributed by atoms with E-state index in [0.717, 1.165) is 53.3 Å². The van der Waals surface area contributed by atoms with Crippen molar-refractivity contribution in [2.75, 3.05) is 55.7 Å². The maximum absolute atomic E-state index is 11.8. The molecular weight excluding hydrogens is 587 g/mol. The number of nitro groups is 1. The highest BCUT2D eigenvalue weighted by atomic mass is 32.2. The molecule has 7 rings (SSSR count). The van der Waals surface area contributed by atoms with Gasteiger partial charge in [-0.15, -0.1) is 23.1 Å². The van der Waals surface area contributed by atoms with Crippen LogP contribution in [0.1, 0.15) is 11.3 Å². The fraction of sp³-hybridized carbons (Fsp3) is 0.355. The van der Waals surface area contributed by atoms with Gasteiger partial charge in [0.15, 0.2) is 0 Å². The van der Waals surface area contributed by atoms with Crippen LogP contribution in [0.5, 0.6) is 5.75 Å². The number of ether oxygens (including phenoxy) is 3. The van der Waals surface area contributed by atoms with Crippen molar-refractivity contribution in [1.82, 2.24) is 4.98 Å². The molecule has 2 fully saturated rings. The van der Waals surface area contributed by atoms with E-state index in [1.165, 1.54) is 0 Å². The summed E-state index contributed by atoms with van der Waals surface area (Å²) >= 11 is 3.39. The highest BCUT2D eigenvalue weighted by Crippen LogP contribution is 2.43. The van der Waals surface area contributed by atoms with Gasteiger partial charge in [-0.05, 0) is 41.8 Å². The van der Waals surface area contributed by atoms with Gasteiger partial charge in [0.25, 0.3) is 0 Å². The molecule has 3 aliphatic heterocycles. The first-order chi connectivity index (χ1) is 21.1. The van der Waals surface area contributed by atoms with Crippen molar-refractivity contribution >= 4 is 56.7 Å². The summed E-state index contributed by atoms with van der Waals surface area (Å²) in [4.78, 5) is 25.9. The van der Waals surface area contributed by atoms with E-state index in [2.05, 4.69) is 38.5 Å². The number of thiophene rings is 1. The molecule has 222 valence electrons. The van der Waals surface area contributed by atoms with E-state index in [-0.39, 0.29) is 16.7 Å². The number of hydrogen-bond donors (Lipinski definition) is 0. The average molecular weight is 618 g/mol. The first-order valence-corrected chi connectivity index (χ1v) is 16.1. The van der Waals surface area contributed by atoms with Crippen molar-refractivity contribution in [1.29, 1.82) is 0 Å². The van der Waals surface area contributed by atoms with E-state index in [9.17, 15) is 10.1 Å². The van der Waals surface area contributed by atoms with Gasteiger partial charge in [0.2, 0.25) is 11.6 Å². The number of para-hydroxylation sites is 1. The summed E-state index contributed by atoms with van der Waals surface area (Å²) in [5, 5.41) is 15.0. The second kappa shape index (κ2) is 12.1. The van der Waals surface area contributed by atoms with Crippen LogP contribution in [-0.4, -0.2) is 72.7 Å². The zero-order valence-electron chi connectivity index (χ0n) is 23.4. The Morgan fingerprint density at radius 2 is 1.86 bits per heavy atom. The lowest BCUT2D eigenvalue weighted by atomic mass is 10.1. The summed E-state index contributed by atoms with van der Waals surface area (Å²) in [6.07, 6.45) is 0.580. The maximum atomic E-state index is 11.8. The molecule has 0 amide bonds. The number of benzene rings is 2. The molecular formula is C31H31N5O5S2. The Morgan fingerprint density at radius 3 is 2.60 bits per heavy atom. The molecule has 2 aromatic carbocycles. The van der Waals surface area contributed by atoms with Crippen molar-refractivity contribution < 1.29 is 19.1 Å². The molecule has 0 N–H and O–H groups in total. The smallest absolute Gasteiger partial charge is 0.312 e. The third-order valence-corrected chi connectivity index (χ3v) is 9.95. The maximum Gasteiger partial charge on any atom is 0.312 e. The quantitative estimate of drug-likeness (QED) is 0.173. The summed E-state index contributed by atoms with van der Waals surface area (Å²) in [6.45, 7) is 4.40. The molecule has 0 bridgehead atoms. The van der Waals surface area contributed by atoms with E-state index in [1.54, 1.807) is 29.2 Å². The monoisotopic (exact) mass is 617 g/mol. The number of fused-ring (bicyclic) bond motifs is 1. The van der Waals surface area contributed by atoms with E-state index >= 15 is 0 Å². The van der Waals surface area contributed by atoms with Gasteiger partial charge >= 0.3 is 5.69 Å². The van der Waals surface area contributed by atoms with Gasteiger partial charge in [-0.25, -0.2) is 4.98 Å². The SMILES string of the molecule is O=[N+]([O-])c1cc2ccccc2nc1N1CCN(c2ccc(OC[C@@H]3CO[C@@](CC4CN=CS4)(c4cccs4)O3)cc2)CC1. The van der Waals surface area contributed by atoms with Gasteiger partial charge < -0.3 is 24.0 Å². The first-order valence-electron chi connectivity index (χ1n) is 14.3. The zero-order valence-corrected chi connectivity index (χ0v) is 25.0. The number of rotatable bonds is 9. The van der Waals surface area contributed by atoms with Crippen LogP contribution < -0.4 is 14.5 Å². The lowest BCUT2D eigenvalue weighted by Crippen LogP contribution is -2.47. The molecule has 10 nitrogen and oxygen atoms in total. The highest BCUT2D eigenvalue weighted by molar-refractivity contribution is 8.12. The van der Waals surface area contributed by atoms with Gasteiger partial charge in [-0.3, -0.25) is 15.1 Å². The van der Waals surface area contributed by atoms with Crippen LogP contribution in [-0.2, 0) is 15.3 Å². The van der Waals surface area contributed by atoms with Crippen LogP contribution in [0.3, 0.4) is 0 Å². The fourth-order valence-corrected chi connectivity index (χ4v) is 7.47. The normalized spacial score (nSPS) is 23.7. The molecule has 0 saturated carbocycles. The molecule has 43 heavy (non-hydrogen) atoms. The minimum absolute atomic E-state index is 0.0457. The van der Waals surface area contributed by atoms with Crippen LogP contribution in [0.25, 0.3) is 10.9 Å². The second-order valence-electron chi connectivity index (χ2n) is 10.8. The van der Waals surface area contributed by atoms with Crippen LogP contribution in [0.15, 0.2) is 77.1 Å². The van der Waals surface area contributed by atoms with Crippen molar-refractivity contribution in [3.8, 4) is 5.75 Å². The topological polar surface area (TPSA) is 103 Å². The summed E-state index contributed by atoms with van der Waals surface area (Å²) in [5.74, 6) is 0.460. The average Bonchev–Trinajstić information content (AvgIpc) is 3.84. The van der Waals surface area contributed by atoms with Crippen LogP contribution in [0.4, 0.5) is 17.2 Å². The Morgan fingerprint density at radius 1 is 1.05 bits per heavy atom. The molecule has 0 aliphatic carbocycles. The Bertz CT molecular complexity index is 1600. The van der Waals surface area contributed by atoms with Gasteiger partial charge in [0.1, 0.15) is 18.5 Å². The number of anilines is 2. The largest absolute Gasteiger partial charge is 0.491 e. The predicted molar refractivity (Wildman–Crippen MR) is 171 cm³/mol. The fourth-order valence-electron chi connectivity index (χ4n) is 5.80. The molecule has 3 aliphatic rings. The van der Waals surface area contributed by atoms with Crippen molar-refractivity contribution in [3.05, 3.63) is 87.1 Å². The second-order valence-corrected chi connectivity index (χ2v) is 12.9. The lowest BCUT2D eigenvalue weighted by molar-refractivity contribution is -0.384. The molecule has 3 atom stereocenters. The Kier molecular flexibility index (Phi) is 7.91. The highest BCUT2D eigenvalue weighted by Gasteiger charge is 2.46. The van der Waals surface area contributed by atoms with Crippen LogP contribution >= 0.6 is 23.1 Å². The van der Waals surface area contributed by atoms with Gasteiger partial charge in [-0.2, -0.15) is 0 Å². The Labute approximate surface area is 257 Å². The van der Waals surface area contributed by atoms with Crippen molar-refractivity contribution in [3.63, 3.8) is 0 Å². The number of aromatic nitrogens is 1. The minimum atomic E-state index is -0.748. The molecule has 2 aromatic heterocycles. The minimum Gasteiger partial charge on any atom is -0.491 e. The molecule has 0 spiro atoms. The third-order valence-electron chi connectivity index (χ3n) is 7.99. The summed E-state index contributed by atoms with van der Waals surface area (Å²) in [7, 11) is 0. The van der Waals surface area contributed by atoms with Gasteiger partial charge in [-0.1, -0.05) is 24.3 Å². The number of piperazine rings is 1. The number of pyridine rings is 1. The molecule has 2 saturated heterocycles. The van der Waals surface area contributed by atoms with Crippen molar-refractivity contribution in [2.24, 2.45) is 4.99 Å². The standard InChI is InChI=1S/C31H31N5O5S2/c37-36(38)28-16-22-4-1-2-5-27(22)33-30(28)35-13-11-34(12-14-35)23-7-9-24(10-8-23)39-19-25-20-40-31(41-25,29-6-3-15-42-29)17-26-18-32-21-43-26/h1-10,15-16,21,25-26H,11-14,17-20H2/t25-,26?,31-/m1/s1. The zero-order chi connectivity index (χ0) is 29.2. The molecule has 1 unspecified atom stereocenters. The predicted octanol–water partition coefficient (Wildman–Crippen LogP) is 5.71. The van der Waals surface area contributed by atoms with Crippen LogP contribution in [0, 0.1) is 10.1 Å². The van der Waals surface area contributed by atoms with E-state index < -0.39 is 5.79 Å². The summed E-state index contributed by atoms with van der Waals surface area (Å²) in [6, 6.07) is 21.3.